The monoisotopic (exact) mass is 310 g/mol. The van der Waals surface area contributed by atoms with Crippen molar-refractivity contribution in [2.45, 2.75) is 38.5 Å². The van der Waals surface area contributed by atoms with Gasteiger partial charge < -0.3 is 10.6 Å². The van der Waals surface area contributed by atoms with Crippen molar-refractivity contribution in [3.05, 3.63) is 35.9 Å². The summed E-state index contributed by atoms with van der Waals surface area (Å²) in [6, 6.07) is 10.3. The summed E-state index contributed by atoms with van der Waals surface area (Å²) in [7, 11) is 0. The van der Waals surface area contributed by atoms with Crippen LogP contribution in [0.5, 0.6) is 0 Å². The standard InChI is InChI=1S/C17H26N2O.ClH/c1-17(2,15-6-4-3-5-7-15)12-16(20)19-11-9-14-8-10-18-13-14;/h3-7,14,18H,8-13H2,1-2H3,(H,19,20);1H. The maximum absolute atomic E-state index is 12.1. The molecule has 0 radical (unpaired) electrons. The van der Waals surface area contributed by atoms with E-state index in [9.17, 15) is 4.79 Å². The average Bonchev–Trinajstić information content (AvgIpc) is 2.92. The minimum absolute atomic E-state index is 0. The van der Waals surface area contributed by atoms with E-state index in [0.29, 0.717) is 6.42 Å². The van der Waals surface area contributed by atoms with Gasteiger partial charge in [0.05, 0.1) is 0 Å². The van der Waals surface area contributed by atoms with Crippen molar-refractivity contribution in [1.29, 1.82) is 0 Å². The van der Waals surface area contributed by atoms with Crippen LogP contribution in [0.25, 0.3) is 0 Å². The molecular weight excluding hydrogens is 284 g/mol. The van der Waals surface area contributed by atoms with Crippen LogP contribution in [0.3, 0.4) is 0 Å². The lowest BCUT2D eigenvalue weighted by atomic mass is 9.81. The molecule has 0 aliphatic carbocycles. The summed E-state index contributed by atoms with van der Waals surface area (Å²) >= 11 is 0. The van der Waals surface area contributed by atoms with Gasteiger partial charge in [0.15, 0.2) is 0 Å². The van der Waals surface area contributed by atoms with Crippen molar-refractivity contribution in [2.75, 3.05) is 19.6 Å². The number of rotatable bonds is 6. The van der Waals surface area contributed by atoms with Gasteiger partial charge in [-0.3, -0.25) is 4.79 Å². The van der Waals surface area contributed by atoms with Gasteiger partial charge in [0.25, 0.3) is 0 Å². The van der Waals surface area contributed by atoms with Crippen LogP contribution in [0.4, 0.5) is 0 Å². The van der Waals surface area contributed by atoms with Gasteiger partial charge >= 0.3 is 0 Å². The molecule has 0 saturated carbocycles. The first-order valence-corrected chi connectivity index (χ1v) is 7.61. The number of amides is 1. The molecule has 1 aliphatic heterocycles. The van der Waals surface area contributed by atoms with Crippen molar-refractivity contribution in [3.63, 3.8) is 0 Å². The quantitative estimate of drug-likeness (QED) is 0.848. The molecule has 1 atom stereocenters. The second-order valence-electron chi connectivity index (χ2n) is 6.42. The fourth-order valence-corrected chi connectivity index (χ4v) is 2.83. The molecule has 0 spiro atoms. The molecule has 0 aromatic heterocycles. The second-order valence-corrected chi connectivity index (χ2v) is 6.42. The summed E-state index contributed by atoms with van der Waals surface area (Å²) in [5.74, 6) is 0.891. The van der Waals surface area contributed by atoms with E-state index in [4.69, 9.17) is 0 Å². The number of carbonyl (C=O) groups is 1. The van der Waals surface area contributed by atoms with E-state index in [0.717, 1.165) is 32.0 Å². The highest BCUT2D eigenvalue weighted by Crippen LogP contribution is 2.26. The summed E-state index contributed by atoms with van der Waals surface area (Å²) in [4.78, 5) is 12.1. The van der Waals surface area contributed by atoms with Crippen LogP contribution in [0, 0.1) is 5.92 Å². The Kier molecular flexibility index (Phi) is 7.20. The number of benzene rings is 1. The van der Waals surface area contributed by atoms with Crippen LogP contribution < -0.4 is 10.6 Å². The van der Waals surface area contributed by atoms with Gasteiger partial charge in [-0.1, -0.05) is 44.2 Å². The van der Waals surface area contributed by atoms with Gasteiger partial charge in [-0.05, 0) is 42.8 Å². The lowest BCUT2D eigenvalue weighted by Gasteiger charge is -2.24. The Labute approximate surface area is 134 Å². The topological polar surface area (TPSA) is 41.1 Å². The second kappa shape index (κ2) is 8.40. The van der Waals surface area contributed by atoms with Crippen molar-refractivity contribution in [3.8, 4) is 0 Å². The molecule has 1 aromatic rings. The highest BCUT2D eigenvalue weighted by atomic mass is 35.5. The maximum atomic E-state index is 12.1. The van der Waals surface area contributed by atoms with Gasteiger partial charge in [-0.15, -0.1) is 12.4 Å². The van der Waals surface area contributed by atoms with E-state index in [1.54, 1.807) is 0 Å². The Balaban J connectivity index is 0.00000220. The van der Waals surface area contributed by atoms with Crippen molar-refractivity contribution in [2.24, 2.45) is 5.92 Å². The summed E-state index contributed by atoms with van der Waals surface area (Å²) in [6.07, 6.45) is 2.87. The highest BCUT2D eigenvalue weighted by molar-refractivity contribution is 5.85. The largest absolute Gasteiger partial charge is 0.356 e. The zero-order valence-corrected chi connectivity index (χ0v) is 13.8. The molecule has 2 rings (SSSR count). The minimum Gasteiger partial charge on any atom is -0.356 e. The molecule has 1 aromatic carbocycles. The van der Waals surface area contributed by atoms with Crippen molar-refractivity contribution < 1.29 is 4.79 Å². The fourth-order valence-electron chi connectivity index (χ4n) is 2.83. The SMILES string of the molecule is CC(C)(CC(=O)NCCC1CCNC1)c1ccccc1.Cl. The van der Waals surface area contributed by atoms with Crippen molar-refractivity contribution >= 4 is 18.3 Å². The van der Waals surface area contributed by atoms with E-state index >= 15 is 0 Å². The summed E-state index contributed by atoms with van der Waals surface area (Å²) in [5, 5.41) is 6.43. The van der Waals surface area contributed by atoms with Crippen LogP contribution in [0.15, 0.2) is 30.3 Å². The van der Waals surface area contributed by atoms with E-state index in [1.165, 1.54) is 12.0 Å². The van der Waals surface area contributed by atoms with Gasteiger partial charge in [-0.25, -0.2) is 0 Å². The minimum atomic E-state index is -0.111. The van der Waals surface area contributed by atoms with Crippen LogP contribution in [0.1, 0.15) is 38.7 Å². The summed E-state index contributed by atoms with van der Waals surface area (Å²) < 4.78 is 0. The number of halogens is 1. The number of hydrogen-bond donors (Lipinski definition) is 2. The molecule has 2 N–H and O–H groups in total. The molecule has 21 heavy (non-hydrogen) atoms. The van der Waals surface area contributed by atoms with Crippen LogP contribution in [-0.2, 0) is 10.2 Å². The first kappa shape index (κ1) is 18.0. The normalized spacial score (nSPS) is 18.1. The van der Waals surface area contributed by atoms with E-state index in [2.05, 4.69) is 36.6 Å². The molecule has 1 amide bonds. The van der Waals surface area contributed by atoms with E-state index in [-0.39, 0.29) is 23.7 Å². The Hall–Kier alpha value is -1.06. The lowest BCUT2D eigenvalue weighted by molar-refractivity contribution is -0.122. The number of nitrogens with one attached hydrogen (secondary N) is 2. The zero-order valence-electron chi connectivity index (χ0n) is 13.0. The molecule has 118 valence electrons. The first-order valence-electron chi connectivity index (χ1n) is 7.61. The van der Waals surface area contributed by atoms with Crippen LogP contribution in [0.2, 0.25) is 0 Å². The van der Waals surface area contributed by atoms with Gasteiger partial charge in [0, 0.05) is 13.0 Å². The Morgan fingerprint density at radius 3 is 2.67 bits per heavy atom. The highest BCUT2D eigenvalue weighted by Gasteiger charge is 2.24. The molecule has 1 heterocycles. The third-order valence-electron chi connectivity index (χ3n) is 4.19. The third-order valence-corrected chi connectivity index (χ3v) is 4.19. The van der Waals surface area contributed by atoms with E-state index in [1.807, 2.05) is 18.2 Å². The third kappa shape index (κ3) is 5.68. The lowest BCUT2D eigenvalue weighted by Crippen LogP contribution is -2.32. The summed E-state index contributed by atoms with van der Waals surface area (Å²) in [6.45, 7) is 7.28. The summed E-state index contributed by atoms with van der Waals surface area (Å²) in [5.41, 5.74) is 1.11. The zero-order chi connectivity index (χ0) is 14.4. The molecule has 1 unspecified atom stereocenters. The Bertz CT molecular complexity index is 428. The average molecular weight is 311 g/mol. The van der Waals surface area contributed by atoms with Gasteiger partial charge in [-0.2, -0.15) is 0 Å². The van der Waals surface area contributed by atoms with Crippen LogP contribution >= 0.6 is 12.4 Å². The number of carbonyl (C=O) groups excluding carboxylic acids is 1. The molecule has 4 heteroatoms. The molecule has 1 saturated heterocycles. The van der Waals surface area contributed by atoms with Crippen LogP contribution in [-0.4, -0.2) is 25.5 Å². The smallest absolute Gasteiger partial charge is 0.220 e. The van der Waals surface area contributed by atoms with Gasteiger partial charge in [0.1, 0.15) is 0 Å². The van der Waals surface area contributed by atoms with Gasteiger partial charge in [0.2, 0.25) is 5.91 Å². The molecule has 1 fully saturated rings. The molecule has 3 nitrogen and oxygen atoms in total. The first-order chi connectivity index (χ1) is 9.58. The Morgan fingerprint density at radius 1 is 1.33 bits per heavy atom. The molecule has 1 aliphatic rings. The van der Waals surface area contributed by atoms with Crippen molar-refractivity contribution in [1.82, 2.24) is 10.6 Å². The fraction of sp³-hybridized carbons (Fsp3) is 0.588. The molecule has 0 bridgehead atoms. The molecular formula is C17H27ClN2O. The maximum Gasteiger partial charge on any atom is 0.220 e. The predicted molar refractivity (Wildman–Crippen MR) is 89.9 cm³/mol. The van der Waals surface area contributed by atoms with E-state index < -0.39 is 0 Å². The number of hydrogen-bond acceptors (Lipinski definition) is 2. The predicted octanol–water partition coefficient (Wildman–Crippen LogP) is 2.89. The Morgan fingerprint density at radius 2 is 2.05 bits per heavy atom.